The Morgan fingerprint density at radius 2 is 1.86 bits per heavy atom. The fourth-order valence-electron chi connectivity index (χ4n) is 3.83. The smallest absolute Gasteiger partial charge is 0.237 e. The van der Waals surface area contributed by atoms with Crippen molar-refractivity contribution in [1.29, 1.82) is 0 Å². The van der Waals surface area contributed by atoms with Crippen LogP contribution in [-0.4, -0.2) is 82.6 Å². The average Bonchev–Trinajstić information content (AvgIpc) is 3.28. The zero-order valence-corrected chi connectivity index (χ0v) is 16.7. The van der Waals surface area contributed by atoms with Crippen molar-refractivity contribution < 1.29 is 9.53 Å². The van der Waals surface area contributed by atoms with Gasteiger partial charge in [-0.3, -0.25) is 14.7 Å². The second-order valence-corrected chi connectivity index (χ2v) is 7.54. The minimum Gasteiger partial charge on any atom is -0.376 e. The third-order valence-corrected chi connectivity index (χ3v) is 5.45. The molecule has 8 heteroatoms. The first kappa shape index (κ1) is 19.7. The number of amides is 1. The van der Waals surface area contributed by atoms with Gasteiger partial charge < -0.3 is 14.5 Å². The van der Waals surface area contributed by atoms with Crippen LogP contribution in [0.25, 0.3) is 0 Å². The minimum absolute atomic E-state index is 0.134. The summed E-state index contributed by atoms with van der Waals surface area (Å²) in [4.78, 5) is 32.4. The van der Waals surface area contributed by atoms with E-state index in [1.165, 1.54) is 0 Å². The molecule has 2 aromatic rings. The molecule has 0 bridgehead atoms. The maximum absolute atomic E-state index is 13.1. The normalized spacial score (nSPS) is 20.0. The van der Waals surface area contributed by atoms with Crippen LogP contribution < -0.4 is 4.90 Å². The summed E-state index contributed by atoms with van der Waals surface area (Å²) in [6.07, 6.45) is 7.52. The van der Waals surface area contributed by atoms with E-state index < -0.39 is 0 Å². The lowest BCUT2D eigenvalue weighted by molar-refractivity contribution is -0.134. The van der Waals surface area contributed by atoms with Gasteiger partial charge in [-0.1, -0.05) is 6.07 Å². The molecule has 154 valence electrons. The van der Waals surface area contributed by atoms with Crippen LogP contribution in [0, 0.1) is 0 Å². The molecule has 8 nitrogen and oxygen atoms in total. The molecule has 0 saturated carbocycles. The summed E-state index contributed by atoms with van der Waals surface area (Å²) in [6, 6.07) is 7.64. The van der Waals surface area contributed by atoms with Crippen molar-refractivity contribution in [3.05, 3.63) is 48.5 Å². The van der Waals surface area contributed by atoms with Crippen molar-refractivity contribution in [2.75, 3.05) is 50.8 Å². The molecule has 0 N–H and O–H groups in total. The molecule has 2 fully saturated rings. The van der Waals surface area contributed by atoms with E-state index in [9.17, 15) is 4.79 Å². The Morgan fingerprint density at radius 1 is 1.07 bits per heavy atom. The lowest BCUT2D eigenvalue weighted by Gasteiger charge is -2.35. The molecular formula is C21H28N6O2. The van der Waals surface area contributed by atoms with E-state index in [0.29, 0.717) is 19.6 Å². The van der Waals surface area contributed by atoms with Gasteiger partial charge >= 0.3 is 0 Å². The zero-order valence-electron chi connectivity index (χ0n) is 16.7. The van der Waals surface area contributed by atoms with Gasteiger partial charge in [-0.05, 0) is 31.0 Å². The predicted molar refractivity (Wildman–Crippen MR) is 109 cm³/mol. The fourth-order valence-corrected chi connectivity index (χ4v) is 3.83. The van der Waals surface area contributed by atoms with Crippen molar-refractivity contribution >= 4 is 11.9 Å². The van der Waals surface area contributed by atoms with E-state index in [-0.39, 0.29) is 12.0 Å². The van der Waals surface area contributed by atoms with Gasteiger partial charge in [0.1, 0.15) is 0 Å². The van der Waals surface area contributed by atoms with Crippen molar-refractivity contribution in [2.24, 2.45) is 0 Å². The Labute approximate surface area is 171 Å². The highest BCUT2D eigenvalue weighted by atomic mass is 16.5. The molecule has 0 aromatic carbocycles. The monoisotopic (exact) mass is 396 g/mol. The molecule has 1 amide bonds. The first-order valence-electron chi connectivity index (χ1n) is 10.3. The standard InChI is InChI=1S/C21H28N6O2/c28-20(17-25-10-12-26(13-11-25)21-23-8-4-9-24-21)27(16-19-6-3-14-29-19)15-18-5-1-2-7-22-18/h1-2,4-5,7-9,19H,3,6,10-17H2/t19-/m0/s1. The molecule has 2 aliphatic heterocycles. The number of anilines is 1. The van der Waals surface area contributed by atoms with Gasteiger partial charge in [0.05, 0.1) is 24.9 Å². The summed E-state index contributed by atoms with van der Waals surface area (Å²) < 4.78 is 5.78. The Hall–Kier alpha value is -2.58. The zero-order chi connectivity index (χ0) is 19.9. The third-order valence-electron chi connectivity index (χ3n) is 5.45. The maximum Gasteiger partial charge on any atom is 0.237 e. The Morgan fingerprint density at radius 3 is 2.55 bits per heavy atom. The van der Waals surface area contributed by atoms with Crippen molar-refractivity contribution in [2.45, 2.75) is 25.5 Å². The molecule has 0 spiro atoms. The van der Waals surface area contributed by atoms with Crippen LogP contribution in [0.1, 0.15) is 18.5 Å². The summed E-state index contributed by atoms with van der Waals surface area (Å²) in [5.41, 5.74) is 0.907. The Kier molecular flexibility index (Phi) is 6.63. The first-order valence-corrected chi connectivity index (χ1v) is 10.3. The van der Waals surface area contributed by atoms with E-state index in [0.717, 1.165) is 57.3 Å². The summed E-state index contributed by atoms with van der Waals surface area (Å²) in [6.45, 7) is 5.66. The highest BCUT2D eigenvalue weighted by Crippen LogP contribution is 2.16. The van der Waals surface area contributed by atoms with Gasteiger partial charge in [0.15, 0.2) is 0 Å². The van der Waals surface area contributed by atoms with Gasteiger partial charge in [0, 0.05) is 57.9 Å². The summed E-state index contributed by atoms with van der Waals surface area (Å²) in [5.74, 6) is 0.893. The first-order chi connectivity index (χ1) is 14.3. The third kappa shape index (κ3) is 5.48. The number of nitrogens with zero attached hydrogens (tertiary/aromatic N) is 6. The van der Waals surface area contributed by atoms with Crippen LogP contribution in [0.15, 0.2) is 42.9 Å². The van der Waals surface area contributed by atoms with E-state index in [1.807, 2.05) is 29.2 Å². The van der Waals surface area contributed by atoms with Gasteiger partial charge in [-0.15, -0.1) is 0 Å². The molecule has 0 unspecified atom stereocenters. The number of hydrogen-bond donors (Lipinski definition) is 0. The molecule has 2 saturated heterocycles. The number of aromatic nitrogens is 3. The number of rotatable bonds is 7. The summed E-state index contributed by atoms with van der Waals surface area (Å²) >= 11 is 0. The van der Waals surface area contributed by atoms with Crippen LogP contribution in [0.4, 0.5) is 5.95 Å². The molecule has 2 aliphatic rings. The Balaban J connectivity index is 1.33. The number of pyridine rings is 1. The molecule has 4 rings (SSSR count). The molecule has 0 aliphatic carbocycles. The predicted octanol–water partition coefficient (Wildman–Crippen LogP) is 1.20. The number of hydrogen-bond acceptors (Lipinski definition) is 7. The van der Waals surface area contributed by atoms with Crippen molar-refractivity contribution in [1.82, 2.24) is 24.8 Å². The number of carbonyl (C=O) groups is 1. The molecule has 29 heavy (non-hydrogen) atoms. The molecule has 2 aromatic heterocycles. The van der Waals surface area contributed by atoms with Crippen LogP contribution >= 0.6 is 0 Å². The van der Waals surface area contributed by atoms with Crippen molar-refractivity contribution in [3.63, 3.8) is 0 Å². The van der Waals surface area contributed by atoms with E-state index in [2.05, 4.69) is 24.8 Å². The summed E-state index contributed by atoms with van der Waals surface area (Å²) in [5, 5.41) is 0. The molecule has 1 atom stereocenters. The lowest BCUT2D eigenvalue weighted by atomic mass is 10.2. The highest BCUT2D eigenvalue weighted by molar-refractivity contribution is 5.78. The highest BCUT2D eigenvalue weighted by Gasteiger charge is 2.26. The maximum atomic E-state index is 13.1. The van der Waals surface area contributed by atoms with Crippen LogP contribution in [0.2, 0.25) is 0 Å². The second kappa shape index (κ2) is 9.76. The molecule has 0 radical (unpaired) electrons. The number of ether oxygens (including phenoxy) is 1. The number of carbonyl (C=O) groups excluding carboxylic acids is 1. The quantitative estimate of drug-likeness (QED) is 0.696. The van der Waals surface area contributed by atoms with Crippen LogP contribution in [0.3, 0.4) is 0 Å². The average molecular weight is 396 g/mol. The van der Waals surface area contributed by atoms with Gasteiger partial charge in [0.25, 0.3) is 0 Å². The van der Waals surface area contributed by atoms with E-state index in [1.54, 1.807) is 18.6 Å². The van der Waals surface area contributed by atoms with E-state index in [4.69, 9.17) is 4.74 Å². The fraction of sp³-hybridized carbons (Fsp3) is 0.524. The lowest BCUT2D eigenvalue weighted by Crippen LogP contribution is -2.51. The second-order valence-electron chi connectivity index (χ2n) is 7.54. The summed E-state index contributed by atoms with van der Waals surface area (Å²) in [7, 11) is 0. The number of piperazine rings is 1. The van der Waals surface area contributed by atoms with Crippen molar-refractivity contribution in [3.8, 4) is 0 Å². The van der Waals surface area contributed by atoms with E-state index >= 15 is 0 Å². The SMILES string of the molecule is O=C(CN1CCN(c2ncccn2)CC1)N(Cc1ccccn1)C[C@@H]1CCCO1. The topological polar surface area (TPSA) is 74.7 Å². The minimum atomic E-state index is 0.134. The Bertz CT molecular complexity index is 761. The van der Waals surface area contributed by atoms with Crippen LogP contribution in [0.5, 0.6) is 0 Å². The van der Waals surface area contributed by atoms with Crippen LogP contribution in [-0.2, 0) is 16.1 Å². The van der Waals surface area contributed by atoms with Gasteiger partial charge in [0.2, 0.25) is 11.9 Å². The van der Waals surface area contributed by atoms with Gasteiger partial charge in [-0.2, -0.15) is 0 Å². The molecule has 4 heterocycles. The van der Waals surface area contributed by atoms with Gasteiger partial charge in [-0.25, -0.2) is 9.97 Å². The molecular weight excluding hydrogens is 368 g/mol. The largest absolute Gasteiger partial charge is 0.376 e.